The van der Waals surface area contributed by atoms with Gasteiger partial charge < -0.3 is 14.6 Å². The van der Waals surface area contributed by atoms with Crippen LogP contribution in [-0.4, -0.2) is 31.1 Å². The number of rotatable bonds is 7. The van der Waals surface area contributed by atoms with Crippen LogP contribution in [0.5, 0.6) is 0 Å². The molecule has 0 aromatic carbocycles. The van der Waals surface area contributed by atoms with Crippen molar-refractivity contribution in [3.8, 4) is 0 Å². The van der Waals surface area contributed by atoms with Crippen LogP contribution in [0.4, 0.5) is 0 Å². The number of nitrogens with zero attached hydrogens (tertiary/aromatic N) is 1. The van der Waals surface area contributed by atoms with Gasteiger partial charge in [-0.05, 0) is 39.9 Å². The summed E-state index contributed by atoms with van der Waals surface area (Å²) in [4.78, 5) is 2.42. The van der Waals surface area contributed by atoms with Gasteiger partial charge in [-0.2, -0.15) is 0 Å². The van der Waals surface area contributed by atoms with E-state index in [4.69, 9.17) is 4.42 Å². The maximum atomic E-state index is 5.55. The number of likely N-dealkylation sites (N-methyl/N-ethyl adjacent to an activating group) is 1. The van der Waals surface area contributed by atoms with E-state index >= 15 is 0 Å². The average molecular weight is 238 g/mol. The van der Waals surface area contributed by atoms with Gasteiger partial charge in [0.1, 0.15) is 11.5 Å². The highest BCUT2D eigenvalue weighted by Gasteiger charge is 2.12. The number of hydrogen-bond donors (Lipinski definition) is 1. The van der Waals surface area contributed by atoms with Gasteiger partial charge in [0.25, 0.3) is 0 Å². The Kier molecular flexibility index (Phi) is 5.72. The number of furan rings is 1. The van der Waals surface area contributed by atoms with Crippen LogP contribution in [-0.2, 0) is 0 Å². The zero-order valence-electron chi connectivity index (χ0n) is 11.8. The molecule has 0 bridgehead atoms. The Morgan fingerprint density at radius 1 is 1.29 bits per heavy atom. The highest BCUT2D eigenvalue weighted by Crippen LogP contribution is 2.20. The van der Waals surface area contributed by atoms with E-state index in [0.717, 1.165) is 37.7 Å². The van der Waals surface area contributed by atoms with Gasteiger partial charge in [-0.15, -0.1) is 0 Å². The molecular weight excluding hydrogens is 212 g/mol. The van der Waals surface area contributed by atoms with Crippen molar-refractivity contribution in [2.45, 2.75) is 40.7 Å². The summed E-state index contributed by atoms with van der Waals surface area (Å²) in [6, 6.07) is 2.49. The van der Waals surface area contributed by atoms with Crippen LogP contribution < -0.4 is 5.32 Å². The third-order valence-corrected chi connectivity index (χ3v) is 3.32. The largest absolute Gasteiger partial charge is 0.466 e. The number of nitrogens with one attached hydrogen (secondary N) is 1. The van der Waals surface area contributed by atoms with E-state index in [9.17, 15) is 0 Å². The molecule has 0 radical (unpaired) electrons. The summed E-state index contributed by atoms with van der Waals surface area (Å²) in [5.41, 5.74) is 1.28. The van der Waals surface area contributed by atoms with E-state index in [1.807, 2.05) is 13.8 Å². The molecule has 1 aromatic rings. The molecule has 1 atom stereocenters. The second-order valence-corrected chi connectivity index (χ2v) is 4.57. The highest BCUT2D eigenvalue weighted by atomic mass is 16.3. The van der Waals surface area contributed by atoms with Gasteiger partial charge in [-0.25, -0.2) is 0 Å². The number of hydrogen-bond acceptors (Lipinski definition) is 3. The molecule has 1 aromatic heterocycles. The molecule has 0 aliphatic heterocycles. The first-order valence-electron chi connectivity index (χ1n) is 6.61. The van der Waals surface area contributed by atoms with E-state index in [0.29, 0.717) is 6.04 Å². The van der Waals surface area contributed by atoms with Gasteiger partial charge in [-0.1, -0.05) is 13.8 Å². The van der Waals surface area contributed by atoms with Crippen LogP contribution in [0.2, 0.25) is 0 Å². The fourth-order valence-corrected chi connectivity index (χ4v) is 2.17. The van der Waals surface area contributed by atoms with Gasteiger partial charge in [0, 0.05) is 24.7 Å². The molecule has 0 fully saturated rings. The van der Waals surface area contributed by atoms with Crippen molar-refractivity contribution in [2.24, 2.45) is 0 Å². The van der Waals surface area contributed by atoms with E-state index in [-0.39, 0.29) is 0 Å². The third-order valence-electron chi connectivity index (χ3n) is 3.32. The standard InChI is InChI=1S/C14H26N2O/c1-6-16(7-2)9-8-15-12(4)14-10-11(3)17-13(14)5/h10,12,15H,6-9H2,1-5H3. The Bertz CT molecular complexity index is 329. The Morgan fingerprint density at radius 2 is 1.94 bits per heavy atom. The van der Waals surface area contributed by atoms with Gasteiger partial charge in [0.2, 0.25) is 0 Å². The summed E-state index contributed by atoms with van der Waals surface area (Å²) >= 11 is 0. The van der Waals surface area contributed by atoms with Crippen molar-refractivity contribution >= 4 is 0 Å². The van der Waals surface area contributed by atoms with Crippen molar-refractivity contribution in [1.82, 2.24) is 10.2 Å². The molecule has 0 aliphatic rings. The lowest BCUT2D eigenvalue weighted by molar-refractivity contribution is 0.297. The molecule has 98 valence electrons. The van der Waals surface area contributed by atoms with E-state index < -0.39 is 0 Å². The molecule has 3 nitrogen and oxygen atoms in total. The summed E-state index contributed by atoms with van der Waals surface area (Å²) in [5, 5.41) is 3.55. The van der Waals surface area contributed by atoms with Crippen LogP contribution in [0.25, 0.3) is 0 Å². The van der Waals surface area contributed by atoms with Gasteiger partial charge in [-0.3, -0.25) is 0 Å². The van der Waals surface area contributed by atoms with Crippen molar-refractivity contribution in [3.63, 3.8) is 0 Å². The lowest BCUT2D eigenvalue weighted by atomic mass is 10.1. The summed E-state index contributed by atoms with van der Waals surface area (Å²) in [7, 11) is 0. The minimum absolute atomic E-state index is 0.364. The first-order chi connectivity index (χ1) is 8.08. The van der Waals surface area contributed by atoms with Crippen molar-refractivity contribution in [3.05, 3.63) is 23.2 Å². The van der Waals surface area contributed by atoms with Crippen LogP contribution in [0.3, 0.4) is 0 Å². The smallest absolute Gasteiger partial charge is 0.105 e. The summed E-state index contributed by atoms with van der Waals surface area (Å²) < 4.78 is 5.55. The van der Waals surface area contributed by atoms with Crippen molar-refractivity contribution < 1.29 is 4.42 Å². The fraction of sp³-hybridized carbons (Fsp3) is 0.714. The molecule has 1 unspecified atom stereocenters. The first kappa shape index (κ1) is 14.3. The average Bonchev–Trinajstić information content (AvgIpc) is 2.64. The minimum atomic E-state index is 0.364. The van der Waals surface area contributed by atoms with Gasteiger partial charge >= 0.3 is 0 Å². The third kappa shape index (κ3) is 4.17. The van der Waals surface area contributed by atoms with Crippen LogP contribution in [0.15, 0.2) is 10.5 Å². The number of aryl methyl sites for hydroxylation is 2. The van der Waals surface area contributed by atoms with E-state index in [1.54, 1.807) is 0 Å². The van der Waals surface area contributed by atoms with Gasteiger partial charge in [0.15, 0.2) is 0 Å². The van der Waals surface area contributed by atoms with E-state index in [1.165, 1.54) is 5.56 Å². The summed E-state index contributed by atoms with van der Waals surface area (Å²) in [6.07, 6.45) is 0. The normalized spacial score (nSPS) is 13.3. The Hall–Kier alpha value is -0.800. The molecule has 0 amide bonds. The van der Waals surface area contributed by atoms with Crippen LogP contribution in [0, 0.1) is 13.8 Å². The Balaban J connectivity index is 2.39. The fourth-order valence-electron chi connectivity index (χ4n) is 2.17. The van der Waals surface area contributed by atoms with Crippen molar-refractivity contribution in [2.75, 3.05) is 26.2 Å². The molecule has 17 heavy (non-hydrogen) atoms. The maximum absolute atomic E-state index is 5.55. The zero-order chi connectivity index (χ0) is 12.8. The summed E-state index contributed by atoms with van der Waals surface area (Å²) in [5.74, 6) is 2.03. The molecule has 0 saturated carbocycles. The van der Waals surface area contributed by atoms with Crippen LogP contribution in [0.1, 0.15) is 43.9 Å². The Labute approximate surface area is 105 Å². The predicted octanol–water partition coefficient (Wildman–Crippen LogP) is 2.89. The molecule has 1 heterocycles. The first-order valence-corrected chi connectivity index (χ1v) is 6.61. The molecule has 1 rings (SSSR count). The molecule has 0 aliphatic carbocycles. The second-order valence-electron chi connectivity index (χ2n) is 4.57. The lowest BCUT2D eigenvalue weighted by Gasteiger charge is -2.20. The molecule has 1 N–H and O–H groups in total. The zero-order valence-corrected chi connectivity index (χ0v) is 11.8. The van der Waals surface area contributed by atoms with E-state index in [2.05, 4.69) is 37.1 Å². The maximum Gasteiger partial charge on any atom is 0.105 e. The molecule has 3 heteroatoms. The topological polar surface area (TPSA) is 28.4 Å². The quantitative estimate of drug-likeness (QED) is 0.791. The van der Waals surface area contributed by atoms with Gasteiger partial charge in [0.05, 0.1) is 0 Å². The molecule has 0 spiro atoms. The highest BCUT2D eigenvalue weighted by molar-refractivity contribution is 5.23. The SMILES string of the molecule is CCN(CC)CCNC(C)c1cc(C)oc1C. The molecule has 0 saturated heterocycles. The second kappa shape index (κ2) is 6.82. The summed E-state index contributed by atoms with van der Waals surface area (Å²) in [6.45, 7) is 15.0. The van der Waals surface area contributed by atoms with Crippen LogP contribution >= 0.6 is 0 Å². The lowest BCUT2D eigenvalue weighted by Crippen LogP contribution is -2.33. The monoisotopic (exact) mass is 238 g/mol. The van der Waals surface area contributed by atoms with Crippen molar-refractivity contribution in [1.29, 1.82) is 0 Å². The minimum Gasteiger partial charge on any atom is -0.466 e. The molecular formula is C14H26N2O. The Morgan fingerprint density at radius 3 is 2.41 bits per heavy atom. The predicted molar refractivity (Wildman–Crippen MR) is 72.4 cm³/mol.